The Hall–Kier alpha value is -0.120. The Bertz CT molecular complexity index is 213. The number of hydrogen-bond acceptors (Lipinski definition) is 3. The summed E-state index contributed by atoms with van der Waals surface area (Å²) in [6.45, 7) is 7.71. The second kappa shape index (κ2) is 5.03. The van der Waals surface area contributed by atoms with Crippen LogP contribution >= 0.6 is 0 Å². The highest BCUT2D eigenvalue weighted by atomic mass is 15.3. The summed E-state index contributed by atoms with van der Waals surface area (Å²) in [5, 5.41) is 3.38. The third kappa shape index (κ3) is 2.27. The number of nitrogens with zero attached hydrogens (tertiary/aromatic N) is 2. The van der Waals surface area contributed by atoms with Crippen LogP contribution in [0.4, 0.5) is 0 Å². The highest BCUT2D eigenvalue weighted by Crippen LogP contribution is 2.23. The second-order valence-corrected chi connectivity index (χ2v) is 5.68. The first kappa shape index (κ1) is 11.0. The van der Waals surface area contributed by atoms with Crippen molar-refractivity contribution in [2.24, 2.45) is 0 Å². The van der Waals surface area contributed by atoms with Crippen LogP contribution in [0.1, 0.15) is 32.1 Å². The summed E-state index contributed by atoms with van der Waals surface area (Å²) < 4.78 is 0. The average Bonchev–Trinajstić information content (AvgIpc) is 2.29. The highest BCUT2D eigenvalue weighted by molar-refractivity contribution is 4.89. The number of rotatable bonds is 2. The molecule has 3 aliphatic rings. The molecule has 3 heteroatoms. The van der Waals surface area contributed by atoms with Crippen LogP contribution in [0.2, 0.25) is 0 Å². The molecule has 1 saturated carbocycles. The molecule has 0 spiro atoms. The number of hydrogen-bond donors (Lipinski definition) is 1. The van der Waals surface area contributed by atoms with E-state index in [1.807, 2.05) is 0 Å². The number of piperazine rings is 1. The molecule has 3 nitrogen and oxygen atoms in total. The zero-order chi connectivity index (χ0) is 10.8. The molecule has 3 fully saturated rings. The summed E-state index contributed by atoms with van der Waals surface area (Å²) >= 11 is 0. The van der Waals surface area contributed by atoms with E-state index in [9.17, 15) is 0 Å². The summed E-state index contributed by atoms with van der Waals surface area (Å²) in [6.07, 6.45) is 7.34. The Labute approximate surface area is 99.2 Å². The lowest BCUT2D eigenvalue weighted by Crippen LogP contribution is -2.62. The Kier molecular flexibility index (Phi) is 3.46. The normalized spacial score (nSPS) is 31.5. The summed E-state index contributed by atoms with van der Waals surface area (Å²) in [4.78, 5) is 5.46. The van der Waals surface area contributed by atoms with Gasteiger partial charge in [-0.1, -0.05) is 19.3 Å². The van der Waals surface area contributed by atoms with E-state index in [0.717, 1.165) is 12.1 Å². The molecular formula is C13H25N3. The van der Waals surface area contributed by atoms with Gasteiger partial charge in [-0.3, -0.25) is 9.80 Å². The minimum absolute atomic E-state index is 0.855. The van der Waals surface area contributed by atoms with Crippen molar-refractivity contribution in [1.82, 2.24) is 15.1 Å². The first-order valence-corrected chi connectivity index (χ1v) is 7.12. The van der Waals surface area contributed by atoms with E-state index in [4.69, 9.17) is 0 Å². The Morgan fingerprint density at radius 1 is 0.688 bits per heavy atom. The van der Waals surface area contributed by atoms with Crippen LogP contribution in [0, 0.1) is 0 Å². The SMILES string of the molecule is C1CCC(N2CCN(C3CNC3)CC2)CC1. The van der Waals surface area contributed by atoms with Crippen LogP contribution < -0.4 is 5.32 Å². The summed E-state index contributed by atoms with van der Waals surface area (Å²) in [5.74, 6) is 0. The fourth-order valence-corrected chi connectivity index (χ4v) is 3.45. The van der Waals surface area contributed by atoms with Gasteiger partial charge >= 0.3 is 0 Å². The fourth-order valence-electron chi connectivity index (χ4n) is 3.45. The molecule has 0 amide bonds. The molecule has 0 aromatic rings. The summed E-state index contributed by atoms with van der Waals surface area (Å²) in [7, 11) is 0. The maximum atomic E-state index is 3.38. The van der Waals surface area contributed by atoms with Crippen molar-refractivity contribution in [3.05, 3.63) is 0 Å². The molecule has 92 valence electrons. The fraction of sp³-hybridized carbons (Fsp3) is 1.00. The molecule has 16 heavy (non-hydrogen) atoms. The van der Waals surface area contributed by atoms with Crippen LogP contribution in [0.25, 0.3) is 0 Å². The van der Waals surface area contributed by atoms with Crippen LogP contribution in [0.5, 0.6) is 0 Å². The zero-order valence-electron chi connectivity index (χ0n) is 10.3. The van der Waals surface area contributed by atoms with E-state index in [1.54, 1.807) is 0 Å². The van der Waals surface area contributed by atoms with Crippen LogP contribution in [0.15, 0.2) is 0 Å². The third-order valence-corrected chi connectivity index (χ3v) is 4.72. The van der Waals surface area contributed by atoms with Gasteiger partial charge in [-0.25, -0.2) is 0 Å². The first-order valence-electron chi connectivity index (χ1n) is 7.12. The van der Waals surface area contributed by atoms with Crippen molar-refractivity contribution in [3.63, 3.8) is 0 Å². The van der Waals surface area contributed by atoms with E-state index in [1.165, 1.54) is 71.4 Å². The summed E-state index contributed by atoms with van der Waals surface area (Å²) in [5.41, 5.74) is 0. The van der Waals surface area contributed by atoms with Gasteiger partial charge in [0.2, 0.25) is 0 Å². The van der Waals surface area contributed by atoms with Crippen LogP contribution in [0.3, 0.4) is 0 Å². The lowest BCUT2D eigenvalue weighted by Gasteiger charge is -2.45. The van der Waals surface area contributed by atoms with E-state index in [-0.39, 0.29) is 0 Å². The molecule has 2 aliphatic heterocycles. The quantitative estimate of drug-likeness (QED) is 0.751. The van der Waals surface area contributed by atoms with Crippen molar-refractivity contribution in [2.45, 2.75) is 44.2 Å². The van der Waals surface area contributed by atoms with Crippen molar-refractivity contribution < 1.29 is 0 Å². The zero-order valence-corrected chi connectivity index (χ0v) is 10.3. The van der Waals surface area contributed by atoms with Gasteiger partial charge in [0, 0.05) is 51.4 Å². The predicted molar refractivity (Wildman–Crippen MR) is 66.7 cm³/mol. The van der Waals surface area contributed by atoms with Gasteiger partial charge in [0.25, 0.3) is 0 Å². The Morgan fingerprint density at radius 2 is 1.25 bits per heavy atom. The smallest absolute Gasteiger partial charge is 0.0346 e. The van der Waals surface area contributed by atoms with Crippen molar-refractivity contribution in [2.75, 3.05) is 39.3 Å². The van der Waals surface area contributed by atoms with Crippen molar-refractivity contribution in [1.29, 1.82) is 0 Å². The minimum atomic E-state index is 0.855. The molecule has 2 heterocycles. The molecule has 0 bridgehead atoms. The van der Waals surface area contributed by atoms with Crippen molar-refractivity contribution in [3.8, 4) is 0 Å². The van der Waals surface area contributed by atoms with Gasteiger partial charge < -0.3 is 5.32 Å². The van der Waals surface area contributed by atoms with Crippen LogP contribution in [-0.4, -0.2) is 61.2 Å². The molecule has 3 rings (SSSR count). The molecule has 0 atom stereocenters. The van der Waals surface area contributed by atoms with Gasteiger partial charge in [-0.05, 0) is 12.8 Å². The lowest BCUT2D eigenvalue weighted by molar-refractivity contribution is 0.0421. The molecule has 0 radical (unpaired) electrons. The largest absolute Gasteiger partial charge is 0.314 e. The maximum Gasteiger partial charge on any atom is 0.0346 e. The molecule has 0 aromatic heterocycles. The topological polar surface area (TPSA) is 18.5 Å². The van der Waals surface area contributed by atoms with Gasteiger partial charge in [0.1, 0.15) is 0 Å². The second-order valence-electron chi connectivity index (χ2n) is 5.68. The van der Waals surface area contributed by atoms with E-state index in [2.05, 4.69) is 15.1 Å². The van der Waals surface area contributed by atoms with Gasteiger partial charge in [-0.2, -0.15) is 0 Å². The Balaban J connectivity index is 1.45. The average molecular weight is 223 g/mol. The highest BCUT2D eigenvalue weighted by Gasteiger charge is 2.30. The van der Waals surface area contributed by atoms with Crippen LogP contribution in [-0.2, 0) is 0 Å². The van der Waals surface area contributed by atoms with Gasteiger partial charge in [-0.15, -0.1) is 0 Å². The van der Waals surface area contributed by atoms with Crippen molar-refractivity contribution >= 4 is 0 Å². The first-order chi connectivity index (χ1) is 7.93. The molecule has 1 aliphatic carbocycles. The van der Waals surface area contributed by atoms with E-state index in [0.29, 0.717) is 0 Å². The van der Waals surface area contributed by atoms with Gasteiger partial charge in [0.15, 0.2) is 0 Å². The molecule has 2 saturated heterocycles. The molecule has 0 aromatic carbocycles. The molecule has 0 unspecified atom stereocenters. The predicted octanol–water partition coefficient (Wildman–Crippen LogP) is 0.908. The maximum absolute atomic E-state index is 3.38. The van der Waals surface area contributed by atoms with E-state index >= 15 is 0 Å². The van der Waals surface area contributed by atoms with Gasteiger partial charge in [0.05, 0.1) is 0 Å². The Morgan fingerprint density at radius 3 is 1.75 bits per heavy atom. The monoisotopic (exact) mass is 223 g/mol. The van der Waals surface area contributed by atoms with E-state index < -0.39 is 0 Å². The third-order valence-electron chi connectivity index (χ3n) is 4.72. The minimum Gasteiger partial charge on any atom is -0.314 e. The standard InChI is InChI=1S/C13H25N3/c1-2-4-12(5-3-1)15-6-8-16(9-7-15)13-10-14-11-13/h12-14H,1-11H2. The molecular weight excluding hydrogens is 198 g/mol. The molecule has 1 N–H and O–H groups in total. The summed E-state index contributed by atoms with van der Waals surface area (Å²) in [6, 6.07) is 1.78. The lowest BCUT2D eigenvalue weighted by atomic mass is 9.93. The number of nitrogens with one attached hydrogen (secondary N) is 1.